The molecule has 2 unspecified atom stereocenters. The van der Waals surface area contributed by atoms with Crippen LogP contribution in [0.3, 0.4) is 0 Å². The van der Waals surface area contributed by atoms with E-state index in [0.717, 1.165) is 5.56 Å². The summed E-state index contributed by atoms with van der Waals surface area (Å²) in [5, 5.41) is 3.01. The Labute approximate surface area is 125 Å². The molecule has 1 amide bonds. The van der Waals surface area contributed by atoms with Crippen LogP contribution in [0.2, 0.25) is 0 Å². The molecule has 1 rings (SSSR count). The highest BCUT2D eigenvalue weighted by Crippen LogP contribution is 2.12. The summed E-state index contributed by atoms with van der Waals surface area (Å²) < 4.78 is 18.0. The first kappa shape index (κ1) is 17.6. The normalized spacial score (nSPS) is 14.0. The summed E-state index contributed by atoms with van der Waals surface area (Å²) >= 11 is 0. The maximum atomic E-state index is 12.9. The number of ether oxygens (including phenoxy) is 1. The number of nitrogens with two attached hydrogens (primary N) is 1. The highest BCUT2D eigenvalue weighted by atomic mass is 19.1. The Morgan fingerprint density at radius 2 is 1.95 bits per heavy atom. The predicted octanol–water partition coefficient (Wildman–Crippen LogP) is 1.87. The topological polar surface area (TPSA) is 64.3 Å². The van der Waals surface area contributed by atoms with Gasteiger partial charge in [0.1, 0.15) is 5.82 Å². The van der Waals surface area contributed by atoms with Gasteiger partial charge in [-0.1, -0.05) is 26.0 Å². The van der Waals surface area contributed by atoms with Gasteiger partial charge in [0.25, 0.3) is 0 Å². The summed E-state index contributed by atoms with van der Waals surface area (Å²) in [4.78, 5) is 12.0. The molecule has 0 aliphatic rings. The van der Waals surface area contributed by atoms with Crippen LogP contribution < -0.4 is 11.1 Å². The highest BCUT2D eigenvalue weighted by Gasteiger charge is 2.19. The Bertz CT molecular complexity index is 430. The summed E-state index contributed by atoms with van der Waals surface area (Å²) in [7, 11) is 1.54. The quantitative estimate of drug-likeness (QED) is 0.770. The van der Waals surface area contributed by atoms with Gasteiger partial charge in [0, 0.05) is 19.7 Å². The molecular formula is C16H25FN2O2. The second-order valence-corrected chi connectivity index (χ2v) is 5.55. The Morgan fingerprint density at radius 1 is 1.33 bits per heavy atom. The van der Waals surface area contributed by atoms with Crippen molar-refractivity contribution in [2.75, 3.05) is 13.7 Å². The van der Waals surface area contributed by atoms with E-state index in [4.69, 9.17) is 10.5 Å². The van der Waals surface area contributed by atoms with E-state index in [0.29, 0.717) is 13.0 Å². The average molecular weight is 296 g/mol. The van der Waals surface area contributed by atoms with Crippen LogP contribution in [0.25, 0.3) is 0 Å². The van der Waals surface area contributed by atoms with E-state index in [1.165, 1.54) is 12.1 Å². The number of amides is 1. The lowest BCUT2D eigenvalue weighted by Gasteiger charge is -2.23. The molecule has 0 heterocycles. The van der Waals surface area contributed by atoms with Crippen molar-refractivity contribution >= 4 is 5.91 Å². The standard InChI is InChI=1S/C16H25FN2O2/c1-11(2)15(8-12-4-6-13(17)7-5-12)19-16(20)9-14(10-18)21-3/h4-7,11,14-15H,8-10,18H2,1-3H3,(H,19,20). The van der Waals surface area contributed by atoms with Crippen LogP contribution in [0.15, 0.2) is 24.3 Å². The van der Waals surface area contributed by atoms with Crippen molar-refractivity contribution in [1.82, 2.24) is 5.32 Å². The van der Waals surface area contributed by atoms with Crippen LogP contribution in [0.5, 0.6) is 0 Å². The molecule has 0 aromatic heterocycles. The maximum absolute atomic E-state index is 12.9. The molecule has 0 spiro atoms. The second-order valence-electron chi connectivity index (χ2n) is 5.55. The van der Waals surface area contributed by atoms with Crippen LogP contribution in [0.1, 0.15) is 25.8 Å². The van der Waals surface area contributed by atoms with E-state index in [2.05, 4.69) is 5.32 Å². The van der Waals surface area contributed by atoms with Gasteiger partial charge in [-0.05, 0) is 30.0 Å². The van der Waals surface area contributed by atoms with E-state index in [-0.39, 0.29) is 36.2 Å². The molecule has 21 heavy (non-hydrogen) atoms. The number of nitrogens with one attached hydrogen (secondary N) is 1. The molecule has 118 valence electrons. The van der Waals surface area contributed by atoms with Crippen molar-refractivity contribution < 1.29 is 13.9 Å². The van der Waals surface area contributed by atoms with Gasteiger partial charge in [0.2, 0.25) is 5.91 Å². The third-order valence-electron chi connectivity index (χ3n) is 3.53. The van der Waals surface area contributed by atoms with E-state index < -0.39 is 0 Å². The van der Waals surface area contributed by atoms with Gasteiger partial charge in [-0.2, -0.15) is 0 Å². The molecule has 5 heteroatoms. The maximum Gasteiger partial charge on any atom is 0.222 e. The molecule has 0 saturated heterocycles. The van der Waals surface area contributed by atoms with Crippen LogP contribution in [0, 0.1) is 11.7 Å². The molecule has 0 radical (unpaired) electrons. The van der Waals surface area contributed by atoms with Gasteiger partial charge < -0.3 is 15.8 Å². The van der Waals surface area contributed by atoms with Gasteiger partial charge >= 0.3 is 0 Å². The molecule has 3 N–H and O–H groups in total. The number of carbonyl (C=O) groups excluding carboxylic acids is 1. The number of hydrogen-bond donors (Lipinski definition) is 2. The lowest BCUT2D eigenvalue weighted by atomic mass is 9.96. The third-order valence-corrected chi connectivity index (χ3v) is 3.53. The zero-order valence-electron chi connectivity index (χ0n) is 12.9. The Morgan fingerprint density at radius 3 is 2.43 bits per heavy atom. The first-order valence-corrected chi connectivity index (χ1v) is 7.23. The van der Waals surface area contributed by atoms with Crippen molar-refractivity contribution in [3.63, 3.8) is 0 Å². The molecule has 2 atom stereocenters. The lowest BCUT2D eigenvalue weighted by Crippen LogP contribution is -2.42. The number of halogens is 1. The molecule has 1 aromatic rings. The first-order valence-electron chi connectivity index (χ1n) is 7.23. The van der Waals surface area contributed by atoms with Crippen molar-refractivity contribution in [2.24, 2.45) is 11.7 Å². The molecule has 0 aliphatic carbocycles. The Kier molecular flexibility index (Phi) is 7.32. The summed E-state index contributed by atoms with van der Waals surface area (Å²) in [5.41, 5.74) is 6.52. The fourth-order valence-electron chi connectivity index (χ4n) is 2.06. The third kappa shape index (κ3) is 6.23. The van der Waals surface area contributed by atoms with E-state index in [1.54, 1.807) is 19.2 Å². The van der Waals surface area contributed by atoms with Gasteiger partial charge in [-0.3, -0.25) is 4.79 Å². The van der Waals surface area contributed by atoms with Crippen LogP contribution in [-0.2, 0) is 16.0 Å². The number of carbonyl (C=O) groups is 1. The monoisotopic (exact) mass is 296 g/mol. The van der Waals surface area contributed by atoms with Crippen molar-refractivity contribution in [1.29, 1.82) is 0 Å². The smallest absolute Gasteiger partial charge is 0.222 e. The SMILES string of the molecule is COC(CN)CC(=O)NC(Cc1ccc(F)cc1)C(C)C. The van der Waals surface area contributed by atoms with E-state index in [1.807, 2.05) is 13.8 Å². The largest absolute Gasteiger partial charge is 0.380 e. The first-order chi connectivity index (χ1) is 9.96. The predicted molar refractivity (Wildman–Crippen MR) is 81.3 cm³/mol. The minimum atomic E-state index is -0.261. The number of hydrogen-bond acceptors (Lipinski definition) is 3. The molecule has 0 saturated carbocycles. The fourth-order valence-corrected chi connectivity index (χ4v) is 2.06. The molecule has 0 fully saturated rings. The summed E-state index contributed by atoms with van der Waals surface area (Å²) in [6.07, 6.45) is 0.660. The Hall–Kier alpha value is -1.46. The second kappa shape index (κ2) is 8.74. The molecular weight excluding hydrogens is 271 g/mol. The molecule has 0 bridgehead atoms. The Balaban J connectivity index is 2.61. The summed E-state index contributed by atoms with van der Waals surface area (Å²) in [5.74, 6) is -0.0549. The minimum absolute atomic E-state index is 0.00163. The zero-order chi connectivity index (χ0) is 15.8. The summed E-state index contributed by atoms with van der Waals surface area (Å²) in [6, 6.07) is 6.36. The van der Waals surface area contributed by atoms with Crippen molar-refractivity contribution in [2.45, 2.75) is 38.8 Å². The van der Waals surface area contributed by atoms with Gasteiger partial charge in [-0.15, -0.1) is 0 Å². The van der Waals surface area contributed by atoms with Crippen molar-refractivity contribution in [3.8, 4) is 0 Å². The van der Waals surface area contributed by atoms with Crippen LogP contribution >= 0.6 is 0 Å². The molecule has 1 aromatic carbocycles. The number of rotatable bonds is 8. The van der Waals surface area contributed by atoms with Gasteiger partial charge in [0.15, 0.2) is 0 Å². The summed E-state index contributed by atoms with van der Waals surface area (Å²) in [6.45, 7) is 4.41. The van der Waals surface area contributed by atoms with Gasteiger partial charge in [-0.25, -0.2) is 4.39 Å². The van der Waals surface area contributed by atoms with Crippen LogP contribution in [0.4, 0.5) is 4.39 Å². The van der Waals surface area contributed by atoms with Crippen molar-refractivity contribution in [3.05, 3.63) is 35.6 Å². The average Bonchev–Trinajstić information content (AvgIpc) is 2.46. The van der Waals surface area contributed by atoms with E-state index in [9.17, 15) is 9.18 Å². The lowest BCUT2D eigenvalue weighted by molar-refractivity contribution is -0.124. The number of benzene rings is 1. The number of methoxy groups -OCH3 is 1. The minimum Gasteiger partial charge on any atom is -0.380 e. The molecule has 0 aliphatic heterocycles. The highest BCUT2D eigenvalue weighted by molar-refractivity contribution is 5.76. The fraction of sp³-hybridized carbons (Fsp3) is 0.562. The van der Waals surface area contributed by atoms with Gasteiger partial charge in [0.05, 0.1) is 12.5 Å². The molecule has 4 nitrogen and oxygen atoms in total. The zero-order valence-corrected chi connectivity index (χ0v) is 12.9. The van der Waals surface area contributed by atoms with Crippen LogP contribution in [-0.4, -0.2) is 31.7 Å². The van der Waals surface area contributed by atoms with E-state index >= 15 is 0 Å².